The summed E-state index contributed by atoms with van der Waals surface area (Å²) >= 11 is 0. The van der Waals surface area contributed by atoms with Gasteiger partial charge in [0.15, 0.2) is 5.96 Å². The van der Waals surface area contributed by atoms with Crippen LogP contribution in [0.4, 0.5) is 0 Å². The van der Waals surface area contributed by atoms with Gasteiger partial charge in [0.2, 0.25) is 0 Å². The van der Waals surface area contributed by atoms with Crippen molar-refractivity contribution in [2.45, 2.75) is 38.8 Å². The molecule has 0 spiro atoms. The Hall–Kier alpha value is -0.560. The van der Waals surface area contributed by atoms with Crippen LogP contribution in [0.1, 0.15) is 26.7 Å². The predicted molar refractivity (Wildman–Crippen MR) is 103 cm³/mol. The first-order valence-corrected chi connectivity index (χ1v) is 7.49. The summed E-state index contributed by atoms with van der Waals surface area (Å²) in [6, 6.07) is 0.964. The van der Waals surface area contributed by atoms with E-state index in [-0.39, 0.29) is 24.0 Å². The molecule has 1 atom stereocenters. The van der Waals surface area contributed by atoms with Crippen molar-refractivity contribution in [1.82, 2.24) is 9.80 Å². The molecule has 1 fully saturated rings. The van der Waals surface area contributed by atoms with E-state index in [0.717, 1.165) is 19.6 Å². The number of aliphatic imine (C=N–C) groups is 1. The van der Waals surface area contributed by atoms with Gasteiger partial charge in [0, 0.05) is 32.2 Å². The second-order valence-electron chi connectivity index (χ2n) is 5.88. The molecule has 0 amide bonds. The topological polar surface area (TPSA) is 44.9 Å². The Morgan fingerprint density at radius 3 is 2.19 bits per heavy atom. The second kappa shape index (κ2) is 10.2. The monoisotopic (exact) mass is 406 g/mol. The maximum atomic E-state index is 6.07. The molecular formula is C16H31IN4. The van der Waals surface area contributed by atoms with E-state index in [1.807, 2.05) is 19.2 Å². The van der Waals surface area contributed by atoms with Gasteiger partial charge in [0.05, 0.1) is 6.54 Å². The maximum absolute atomic E-state index is 6.07. The van der Waals surface area contributed by atoms with Gasteiger partial charge in [-0.1, -0.05) is 26.0 Å². The van der Waals surface area contributed by atoms with Crippen LogP contribution in [0.5, 0.6) is 0 Å². The number of halogens is 1. The largest absolute Gasteiger partial charge is 0.370 e. The van der Waals surface area contributed by atoms with Gasteiger partial charge in [-0.05, 0) is 18.8 Å². The van der Waals surface area contributed by atoms with Crippen molar-refractivity contribution in [3.05, 3.63) is 25.3 Å². The second-order valence-corrected chi connectivity index (χ2v) is 5.88. The number of nitrogens with two attached hydrogens (primary N) is 1. The van der Waals surface area contributed by atoms with Gasteiger partial charge in [-0.3, -0.25) is 9.89 Å². The molecule has 1 aliphatic rings. The molecule has 0 saturated heterocycles. The van der Waals surface area contributed by atoms with Gasteiger partial charge in [-0.25, -0.2) is 0 Å². The summed E-state index contributed by atoms with van der Waals surface area (Å²) in [6.07, 6.45) is 6.34. The van der Waals surface area contributed by atoms with Crippen LogP contribution in [0.25, 0.3) is 0 Å². The predicted octanol–water partition coefficient (Wildman–Crippen LogP) is 2.71. The summed E-state index contributed by atoms with van der Waals surface area (Å²) in [6.45, 7) is 14.5. The van der Waals surface area contributed by atoms with Gasteiger partial charge >= 0.3 is 0 Å². The lowest BCUT2D eigenvalue weighted by molar-refractivity contribution is 0.195. The highest BCUT2D eigenvalue weighted by Crippen LogP contribution is 2.25. The fourth-order valence-corrected chi connectivity index (χ4v) is 2.37. The molecule has 4 nitrogen and oxygen atoms in total. The van der Waals surface area contributed by atoms with Gasteiger partial charge in [0.25, 0.3) is 0 Å². The Kier molecular flexibility index (Phi) is 9.94. The van der Waals surface area contributed by atoms with Gasteiger partial charge in [0.1, 0.15) is 0 Å². The highest BCUT2D eigenvalue weighted by atomic mass is 127. The van der Waals surface area contributed by atoms with E-state index < -0.39 is 0 Å². The van der Waals surface area contributed by atoms with E-state index in [9.17, 15) is 0 Å². The number of guanidine groups is 1. The van der Waals surface area contributed by atoms with Crippen LogP contribution >= 0.6 is 24.0 Å². The molecule has 2 N–H and O–H groups in total. The Morgan fingerprint density at radius 1 is 1.29 bits per heavy atom. The minimum Gasteiger partial charge on any atom is -0.370 e. The zero-order valence-corrected chi connectivity index (χ0v) is 16.0. The molecule has 21 heavy (non-hydrogen) atoms. The summed E-state index contributed by atoms with van der Waals surface area (Å²) in [5, 5.41) is 0. The van der Waals surface area contributed by atoms with E-state index in [4.69, 9.17) is 5.73 Å². The van der Waals surface area contributed by atoms with Gasteiger partial charge in [-0.2, -0.15) is 0 Å². The normalized spacial score (nSPS) is 16.5. The fourth-order valence-electron chi connectivity index (χ4n) is 2.37. The van der Waals surface area contributed by atoms with Crippen molar-refractivity contribution in [2.24, 2.45) is 16.6 Å². The minimum absolute atomic E-state index is 0. The molecular weight excluding hydrogens is 375 g/mol. The quantitative estimate of drug-likeness (QED) is 0.277. The standard InChI is InChI=1S/C16H30N4.HI/c1-6-10-20(11-7-2)15(13(3)4)12-18-16(17)19(5)14-8-9-14;/h6-7,13-15H,1-2,8-12H2,3-5H3,(H2,17,18);1H. The van der Waals surface area contributed by atoms with Crippen LogP contribution in [-0.2, 0) is 0 Å². The third kappa shape index (κ3) is 6.82. The maximum Gasteiger partial charge on any atom is 0.191 e. The molecule has 0 heterocycles. The van der Waals surface area contributed by atoms with Crippen molar-refractivity contribution in [1.29, 1.82) is 0 Å². The molecule has 0 bridgehead atoms. The fraction of sp³-hybridized carbons (Fsp3) is 0.688. The summed E-state index contributed by atoms with van der Waals surface area (Å²) in [4.78, 5) is 9.05. The van der Waals surface area contributed by atoms with Crippen LogP contribution in [0, 0.1) is 5.92 Å². The summed E-state index contributed by atoms with van der Waals surface area (Å²) in [5.41, 5.74) is 6.07. The van der Waals surface area contributed by atoms with E-state index in [2.05, 4.69) is 41.8 Å². The van der Waals surface area contributed by atoms with Crippen molar-refractivity contribution >= 4 is 29.9 Å². The SMILES string of the molecule is C=CCN(CC=C)C(CN=C(N)N(C)C1CC1)C(C)C.I. The summed E-state index contributed by atoms with van der Waals surface area (Å²) in [7, 11) is 2.03. The molecule has 0 radical (unpaired) electrons. The Morgan fingerprint density at radius 2 is 1.81 bits per heavy atom. The number of nitrogens with zero attached hydrogens (tertiary/aromatic N) is 3. The first-order chi connectivity index (χ1) is 9.51. The lowest BCUT2D eigenvalue weighted by Crippen LogP contribution is -2.43. The molecule has 1 rings (SSSR count). The molecule has 0 aromatic heterocycles. The van der Waals surface area contributed by atoms with Crippen LogP contribution < -0.4 is 5.73 Å². The zero-order chi connectivity index (χ0) is 15.1. The smallest absolute Gasteiger partial charge is 0.191 e. The lowest BCUT2D eigenvalue weighted by Gasteiger charge is -2.32. The highest BCUT2D eigenvalue weighted by molar-refractivity contribution is 14.0. The van der Waals surface area contributed by atoms with Crippen LogP contribution in [0.2, 0.25) is 0 Å². The molecule has 0 aliphatic heterocycles. The average Bonchev–Trinajstić information content (AvgIpc) is 3.22. The third-order valence-corrected chi connectivity index (χ3v) is 3.86. The first-order valence-electron chi connectivity index (χ1n) is 7.49. The molecule has 1 unspecified atom stereocenters. The van der Waals surface area contributed by atoms with Crippen molar-refractivity contribution in [3.63, 3.8) is 0 Å². The lowest BCUT2D eigenvalue weighted by atomic mass is 10.0. The molecule has 122 valence electrons. The minimum atomic E-state index is 0. The number of hydrogen-bond donors (Lipinski definition) is 1. The molecule has 5 heteroatoms. The molecule has 1 saturated carbocycles. The van der Waals surface area contributed by atoms with E-state index in [1.165, 1.54) is 12.8 Å². The number of rotatable bonds is 9. The van der Waals surface area contributed by atoms with E-state index in [1.54, 1.807) is 0 Å². The zero-order valence-electron chi connectivity index (χ0n) is 13.7. The Balaban J connectivity index is 0.00000400. The van der Waals surface area contributed by atoms with Crippen LogP contribution in [0.15, 0.2) is 30.3 Å². The van der Waals surface area contributed by atoms with Crippen LogP contribution in [0.3, 0.4) is 0 Å². The number of hydrogen-bond acceptors (Lipinski definition) is 2. The molecule has 0 aromatic carbocycles. The van der Waals surface area contributed by atoms with E-state index >= 15 is 0 Å². The van der Waals surface area contributed by atoms with Crippen LogP contribution in [-0.4, -0.2) is 54.5 Å². The Labute approximate surface area is 147 Å². The van der Waals surface area contributed by atoms with Crippen molar-refractivity contribution in [3.8, 4) is 0 Å². The van der Waals surface area contributed by atoms with Crippen molar-refractivity contribution < 1.29 is 0 Å². The van der Waals surface area contributed by atoms with Gasteiger partial charge < -0.3 is 10.6 Å². The summed E-state index contributed by atoms with van der Waals surface area (Å²) < 4.78 is 0. The average molecular weight is 406 g/mol. The van der Waals surface area contributed by atoms with Gasteiger partial charge in [-0.15, -0.1) is 37.1 Å². The molecule has 1 aliphatic carbocycles. The Bertz CT molecular complexity index is 340. The summed E-state index contributed by atoms with van der Waals surface area (Å²) in [5.74, 6) is 1.17. The van der Waals surface area contributed by atoms with E-state index in [0.29, 0.717) is 24.0 Å². The third-order valence-electron chi connectivity index (χ3n) is 3.86. The van der Waals surface area contributed by atoms with Crippen molar-refractivity contribution in [2.75, 3.05) is 26.7 Å². The first kappa shape index (κ1) is 20.4. The highest BCUT2D eigenvalue weighted by Gasteiger charge is 2.27. The molecule has 0 aromatic rings.